The molecule has 1 amide bonds. The van der Waals surface area contributed by atoms with Crippen LogP contribution in [0.25, 0.3) is 0 Å². The third-order valence-corrected chi connectivity index (χ3v) is 4.53. The Morgan fingerprint density at radius 3 is 2.42 bits per heavy atom. The monoisotopic (exact) mass is 324 g/mol. The van der Waals surface area contributed by atoms with Crippen molar-refractivity contribution in [1.82, 2.24) is 9.80 Å². The van der Waals surface area contributed by atoms with Crippen LogP contribution < -0.4 is 0 Å². The van der Waals surface area contributed by atoms with Crippen LogP contribution >= 0.6 is 15.9 Å². The predicted molar refractivity (Wildman–Crippen MR) is 81.6 cm³/mol. The van der Waals surface area contributed by atoms with E-state index in [2.05, 4.69) is 41.8 Å². The van der Waals surface area contributed by atoms with Crippen LogP contribution in [0.5, 0.6) is 0 Å². The summed E-state index contributed by atoms with van der Waals surface area (Å²) in [6.07, 6.45) is 0. The molecule has 19 heavy (non-hydrogen) atoms. The molecule has 2 atom stereocenters. The molecule has 0 saturated carbocycles. The molecular formula is C15H21BrN2O. The van der Waals surface area contributed by atoms with Crippen molar-refractivity contribution in [1.29, 1.82) is 0 Å². The van der Waals surface area contributed by atoms with E-state index in [1.807, 2.05) is 29.2 Å². The lowest BCUT2D eigenvalue weighted by molar-refractivity contribution is 0.0781. The van der Waals surface area contributed by atoms with E-state index >= 15 is 0 Å². The van der Waals surface area contributed by atoms with Crippen LogP contribution in [0.15, 0.2) is 24.3 Å². The van der Waals surface area contributed by atoms with Gasteiger partial charge in [0.25, 0.3) is 5.91 Å². The first-order valence-corrected chi connectivity index (χ1v) is 7.75. The Bertz CT molecular complexity index is 444. The molecule has 0 aromatic heterocycles. The standard InChI is InChI=1S/C15H21BrN2O/c1-11-9-18(10-14(11)17(2)3)15(19)13-6-4-12(8-16)5-7-13/h4-7,11,14H,8-10H2,1-3H3. The number of alkyl halides is 1. The van der Waals surface area contributed by atoms with E-state index in [0.717, 1.165) is 24.0 Å². The Morgan fingerprint density at radius 1 is 1.32 bits per heavy atom. The fraction of sp³-hybridized carbons (Fsp3) is 0.533. The second kappa shape index (κ2) is 6.06. The average molecular weight is 325 g/mol. The molecule has 2 rings (SSSR count). The first kappa shape index (κ1) is 14.5. The van der Waals surface area contributed by atoms with Gasteiger partial charge >= 0.3 is 0 Å². The van der Waals surface area contributed by atoms with E-state index < -0.39 is 0 Å². The highest BCUT2D eigenvalue weighted by molar-refractivity contribution is 9.08. The molecule has 1 fully saturated rings. The largest absolute Gasteiger partial charge is 0.337 e. The summed E-state index contributed by atoms with van der Waals surface area (Å²) in [4.78, 5) is 16.6. The highest BCUT2D eigenvalue weighted by Crippen LogP contribution is 2.22. The maximum atomic E-state index is 12.5. The van der Waals surface area contributed by atoms with Crippen molar-refractivity contribution in [3.63, 3.8) is 0 Å². The van der Waals surface area contributed by atoms with Gasteiger partial charge in [-0.3, -0.25) is 4.79 Å². The Morgan fingerprint density at radius 2 is 1.95 bits per heavy atom. The molecule has 1 heterocycles. The molecule has 1 saturated heterocycles. The Kier molecular flexibility index (Phi) is 4.63. The van der Waals surface area contributed by atoms with Crippen LogP contribution in [0.4, 0.5) is 0 Å². The molecule has 1 aliphatic rings. The summed E-state index contributed by atoms with van der Waals surface area (Å²) in [5.41, 5.74) is 1.98. The highest BCUT2D eigenvalue weighted by Gasteiger charge is 2.33. The minimum atomic E-state index is 0.150. The summed E-state index contributed by atoms with van der Waals surface area (Å²) in [5, 5.41) is 0.824. The Hall–Kier alpha value is -0.870. The Labute approximate surface area is 123 Å². The number of carbonyl (C=O) groups is 1. The van der Waals surface area contributed by atoms with Crippen molar-refractivity contribution < 1.29 is 4.79 Å². The molecule has 0 spiro atoms. The molecule has 4 heteroatoms. The van der Waals surface area contributed by atoms with E-state index in [9.17, 15) is 4.79 Å². The molecule has 1 aromatic rings. The maximum absolute atomic E-state index is 12.5. The van der Waals surface area contributed by atoms with Gasteiger partial charge in [-0.25, -0.2) is 0 Å². The number of hydrogen-bond acceptors (Lipinski definition) is 2. The van der Waals surface area contributed by atoms with Crippen LogP contribution in [-0.4, -0.2) is 48.9 Å². The van der Waals surface area contributed by atoms with E-state index in [0.29, 0.717) is 12.0 Å². The van der Waals surface area contributed by atoms with Crippen molar-refractivity contribution >= 4 is 21.8 Å². The average Bonchev–Trinajstić information content (AvgIpc) is 2.80. The SMILES string of the molecule is CC1CN(C(=O)c2ccc(CBr)cc2)CC1N(C)C. The smallest absolute Gasteiger partial charge is 0.253 e. The molecule has 3 nitrogen and oxygen atoms in total. The van der Waals surface area contributed by atoms with Gasteiger partial charge in [0.1, 0.15) is 0 Å². The fourth-order valence-electron chi connectivity index (χ4n) is 2.71. The molecule has 104 valence electrons. The second-order valence-corrected chi connectivity index (χ2v) is 6.11. The zero-order valence-corrected chi connectivity index (χ0v) is 13.4. The molecule has 0 N–H and O–H groups in total. The first-order valence-electron chi connectivity index (χ1n) is 6.63. The summed E-state index contributed by atoms with van der Waals surface area (Å²) in [6.45, 7) is 3.89. The van der Waals surface area contributed by atoms with Crippen molar-refractivity contribution in [2.75, 3.05) is 27.2 Å². The minimum absolute atomic E-state index is 0.150. The van der Waals surface area contributed by atoms with Crippen LogP contribution in [0, 0.1) is 5.92 Å². The van der Waals surface area contributed by atoms with Gasteiger partial charge in [0.05, 0.1) is 0 Å². The first-order chi connectivity index (χ1) is 9.02. The van der Waals surface area contributed by atoms with Crippen LogP contribution in [-0.2, 0) is 5.33 Å². The molecule has 0 bridgehead atoms. The quantitative estimate of drug-likeness (QED) is 0.798. The zero-order valence-electron chi connectivity index (χ0n) is 11.8. The lowest BCUT2D eigenvalue weighted by atomic mass is 10.1. The molecular weight excluding hydrogens is 304 g/mol. The summed E-state index contributed by atoms with van der Waals surface area (Å²) in [7, 11) is 4.17. The van der Waals surface area contributed by atoms with Gasteiger partial charge in [0.2, 0.25) is 0 Å². The number of carbonyl (C=O) groups excluding carboxylic acids is 1. The minimum Gasteiger partial charge on any atom is -0.337 e. The predicted octanol–water partition coefficient (Wildman–Crippen LogP) is 2.60. The van der Waals surface area contributed by atoms with Gasteiger partial charge in [0, 0.05) is 30.0 Å². The second-order valence-electron chi connectivity index (χ2n) is 5.55. The fourth-order valence-corrected chi connectivity index (χ4v) is 3.08. The van der Waals surface area contributed by atoms with Crippen molar-refractivity contribution in [3.8, 4) is 0 Å². The van der Waals surface area contributed by atoms with Crippen molar-refractivity contribution in [3.05, 3.63) is 35.4 Å². The Balaban J connectivity index is 2.08. The molecule has 0 radical (unpaired) electrons. The summed E-state index contributed by atoms with van der Waals surface area (Å²) in [5.74, 6) is 0.679. The number of halogens is 1. The number of likely N-dealkylation sites (tertiary alicyclic amines) is 1. The summed E-state index contributed by atoms with van der Waals surface area (Å²) >= 11 is 3.42. The van der Waals surface area contributed by atoms with Gasteiger partial charge in [-0.15, -0.1) is 0 Å². The number of rotatable bonds is 3. The zero-order chi connectivity index (χ0) is 14.0. The molecule has 2 unspecified atom stereocenters. The highest BCUT2D eigenvalue weighted by atomic mass is 79.9. The van der Waals surface area contributed by atoms with E-state index in [1.54, 1.807) is 0 Å². The van der Waals surface area contributed by atoms with Gasteiger partial charge in [-0.1, -0.05) is 35.0 Å². The molecule has 1 aromatic carbocycles. The number of amides is 1. The van der Waals surface area contributed by atoms with Gasteiger partial charge in [-0.05, 0) is 37.7 Å². The molecule has 0 aliphatic carbocycles. The number of benzene rings is 1. The van der Waals surface area contributed by atoms with Crippen molar-refractivity contribution in [2.24, 2.45) is 5.92 Å². The number of nitrogens with zero attached hydrogens (tertiary/aromatic N) is 2. The lowest BCUT2D eigenvalue weighted by Gasteiger charge is -2.22. The third-order valence-electron chi connectivity index (χ3n) is 3.88. The van der Waals surface area contributed by atoms with Gasteiger partial charge < -0.3 is 9.80 Å². The summed E-state index contributed by atoms with van der Waals surface area (Å²) < 4.78 is 0. The number of likely N-dealkylation sites (N-methyl/N-ethyl adjacent to an activating group) is 1. The molecule has 1 aliphatic heterocycles. The topological polar surface area (TPSA) is 23.6 Å². The third kappa shape index (κ3) is 3.18. The van der Waals surface area contributed by atoms with Crippen LogP contribution in [0.1, 0.15) is 22.8 Å². The van der Waals surface area contributed by atoms with E-state index in [4.69, 9.17) is 0 Å². The van der Waals surface area contributed by atoms with Crippen LogP contribution in [0.3, 0.4) is 0 Å². The van der Waals surface area contributed by atoms with E-state index in [-0.39, 0.29) is 5.91 Å². The van der Waals surface area contributed by atoms with Gasteiger partial charge in [-0.2, -0.15) is 0 Å². The normalized spacial score (nSPS) is 23.1. The van der Waals surface area contributed by atoms with Gasteiger partial charge in [0.15, 0.2) is 0 Å². The number of hydrogen-bond donors (Lipinski definition) is 0. The maximum Gasteiger partial charge on any atom is 0.253 e. The summed E-state index contributed by atoms with van der Waals surface area (Å²) in [6, 6.07) is 8.32. The van der Waals surface area contributed by atoms with Crippen LogP contribution in [0.2, 0.25) is 0 Å². The van der Waals surface area contributed by atoms with Crippen molar-refractivity contribution in [2.45, 2.75) is 18.3 Å². The van der Waals surface area contributed by atoms with E-state index in [1.165, 1.54) is 5.56 Å². The lowest BCUT2D eigenvalue weighted by Crippen LogP contribution is -2.35.